The van der Waals surface area contributed by atoms with Crippen LogP contribution in [0.1, 0.15) is 55.2 Å². The fourth-order valence-corrected chi connectivity index (χ4v) is 2.94. The van der Waals surface area contributed by atoms with E-state index in [0.717, 1.165) is 24.1 Å². The molecule has 1 aromatic heterocycles. The van der Waals surface area contributed by atoms with Gasteiger partial charge >= 0.3 is 6.61 Å². The molecule has 2 rings (SSSR count). The maximum atomic E-state index is 12.6. The molecule has 0 spiro atoms. The van der Waals surface area contributed by atoms with Gasteiger partial charge in [0.15, 0.2) is 11.7 Å². The number of halogens is 3. The summed E-state index contributed by atoms with van der Waals surface area (Å²) in [5.74, 6) is 1.77. The summed E-state index contributed by atoms with van der Waals surface area (Å²) in [5.41, 5.74) is 2.54. The van der Waals surface area contributed by atoms with Crippen LogP contribution in [0.5, 0.6) is 5.75 Å². The Morgan fingerprint density at radius 1 is 1.17 bits per heavy atom. The number of aliphatic imine (C=N–C) groups is 1. The number of aryl methyl sites for hydroxylation is 1. The Kier molecular flexibility index (Phi) is 10.9. The summed E-state index contributed by atoms with van der Waals surface area (Å²) in [4.78, 5) is 4.15. The molecule has 0 aliphatic rings. The highest BCUT2D eigenvalue weighted by Crippen LogP contribution is 2.23. The molecule has 9 heteroatoms. The predicted octanol–water partition coefficient (Wildman–Crippen LogP) is 4.97. The molecule has 0 bridgehead atoms. The number of guanidine groups is 1. The first-order valence-electron chi connectivity index (χ1n) is 9.41. The molecule has 0 aliphatic carbocycles. The quantitative estimate of drug-likeness (QED) is 0.277. The van der Waals surface area contributed by atoms with Crippen molar-refractivity contribution in [3.8, 4) is 5.75 Å². The van der Waals surface area contributed by atoms with E-state index in [4.69, 9.17) is 4.52 Å². The normalized spacial score (nSPS) is 11.5. The average Bonchev–Trinajstić information content (AvgIpc) is 3.13. The molecule has 0 radical (unpaired) electrons. The lowest BCUT2D eigenvalue weighted by Gasteiger charge is -2.14. The third kappa shape index (κ3) is 7.79. The van der Waals surface area contributed by atoms with Gasteiger partial charge in [0.1, 0.15) is 5.75 Å². The van der Waals surface area contributed by atoms with Gasteiger partial charge in [-0.15, -0.1) is 24.0 Å². The summed E-state index contributed by atoms with van der Waals surface area (Å²) in [7, 11) is 1.64. The molecule has 0 atom stereocenters. The second-order valence-corrected chi connectivity index (χ2v) is 6.50. The summed E-state index contributed by atoms with van der Waals surface area (Å²) in [6, 6.07) is 7.03. The van der Waals surface area contributed by atoms with Crippen LogP contribution >= 0.6 is 24.0 Å². The third-order valence-corrected chi connectivity index (χ3v) is 4.51. The molecule has 2 N–H and O–H groups in total. The van der Waals surface area contributed by atoms with Crippen molar-refractivity contribution >= 4 is 29.9 Å². The summed E-state index contributed by atoms with van der Waals surface area (Å²) in [5, 5.41) is 10.4. The lowest BCUT2D eigenvalue weighted by atomic mass is 9.99. The molecule has 0 saturated heterocycles. The van der Waals surface area contributed by atoms with Crippen LogP contribution in [0.2, 0.25) is 0 Å². The van der Waals surface area contributed by atoms with Crippen LogP contribution in [-0.2, 0) is 13.1 Å². The van der Waals surface area contributed by atoms with Crippen molar-refractivity contribution in [1.82, 2.24) is 15.8 Å². The van der Waals surface area contributed by atoms with Crippen molar-refractivity contribution in [3.05, 3.63) is 46.8 Å². The Labute approximate surface area is 187 Å². The van der Waals surface area contributed by atoms with Crippen LogP contribution < -0.4 is 15.4 Å². The van der Waals surface area contributed by atoms with Gasteiger partial charge in [0.25, 0.3) is 0 Å². The number of hydrogen-bond donors (Lipinski definition) is 2. The zero-order valence-electron chi connectivity index (χ0n) is 17.2. The van der Waals surface area contributed by atoms with Crippen molar-refractivity contribution in [2.24, 2.45) is 4.99 Å². The molecule has 0 aliphatic heterocycles. The third-order valence-electron chi connectivity index (χ3n) is 4.51. The Hall–Kier alpha value is -1.91. The maximum Gasteiger partial charge on any atom is 0.387 e. The number of benzene rings is 1. The van der Waals surface area contributed by atoms with Crippen LogP contribution in [0.4, 0.5) is 8.78 Å². The molecule has 6 nitrogen and oxygen atoms in total. The Bertz CT molecular complexity index is 780. The largest absolute Gasteiger partial charge is 0.434 e. The predicted molar refractivity (Wildman–Crippen MR) is 120 cm³/mol. The number of alkyl halides is 2. The molecule has 0 saturated carbocycles. The van der Waals surface area contributed by atoms with Gasteiger partial charge in [0, 0.05) is 31.1 Å². The molecule has 0 unspecified atom stereocenters. The SMILES string of the molecule is CCC(CC)c1cc(CNC(=NC)NCc2cc(C)ccc2OC(F)F)on1.I. The highest BCUT2D eigenvalue weighted by atomic mass is 127. The van der Waals surface area contributed by atoms with Crippen LogP contribution in [0.25, 0.3) is 0 Å². The number of nitrogens with one attached hydrogen (secondary N) is 2. The van der Waals surface area contributed by atoms with Gasteiger partial charge in [0.05, 0.1) is 12.2 Å². The first-order chi connectivity index (χ1) is 13.5. The van der Waals surface area contributed by atoms with Gasteiger partial charge in [0.2, 0.25) is 0 Å². The van der Waals surface area contributed by atoms with E-state index in [2.05, 4.69) is 39.4 Å². The molecule has 0 amide bonds. The van der Waals surface area contributed by atoms with Crippen molar-refractivity contribution in [3.63, 3.8) is 0 Å². The van der Waals surface area contributed by atoms with E-state index in [1.54, 1.807) is 25.2 Å². The fourth-order valence-electron chi connectivity index (χ4n) is 2.94. The van der Waals surface area contributed by atoms with Gasteiger partial charge in [-0.25, -0.2) is 0 Å². The van der Waals surface area contributed by atoms with Gasteiger partial charge < -0.3 is 19.9 Å². The number of ether oxygens (including phenoxy) is 1. The van der Waals surface area contributed by atoms with E-state index in [1.165, 1.54) is 0 Å². The number of nitrogens with zero attached hydrogens (tertiary/aromatic N) is 2. The second-order valence-electron chi connectivity index (χ2n) is 6.50. The average molecular weight is 522 g/mol. The highest BCUT2D eigenvalue weighted by molar-refractivity contribution is 14.0. The summed E-state index contributed by atoms with van der Waals surface area (Å²) in [6.07, 6.45) is 2.03. The second kappa shape index (κ2) is 12.6. The zero-order valence-corrected chi connectivity index (χ0v) is 19.5. The molecule has 162 valence electrons. The van der Waals surface area contributed by atoms with Crippen LogP contribution in [0.3, 0.4) is 0 Å². The molecule has 29 heavy (non-hydrogen) atoms. The standard InChI is InChI=1S/C20H28F2N4O2.HI/c1-5-14(6-2)17-10-16(28-26-17)12-25-20(23-4)24-11-15-9-13(3)7-8-18(15)27-19(21)22;/h7-10,14,19H,5-6,11-12H2,1-4H3,(H2,23,24,25);1H. The van der Waals surface area contributed by atoms with Crippen LogP contribution in [0.15, 0.2) is 33.8 Å². The molecular formula is C20H29F2IN4O2. The summed E-state index contributed by atoms with van der Waals surface area (Å²) >= 11 is 0. The maximum absolute atomic E-state index is 12.6. The Balaban J connectivity index is 0.00000420. The molecule has 1 heterocycles. The van der Waals surface area contributed by atoms with Gasteiger partial charge in [-0.3, -0.25) is 4.99 Å². The lowest BCUT2D eigenvalue weighted by molar-refractivity contribution is -0.0504. The number of hydrogen-bond acceptors (Lipinski definition) is 4. The molecular weight excluding hydrogens is 493 g/mol. The fraction of sp³-hybridized carbons (Fsp3) is 0.500. The van der Waals surface area contributed by atoms with E-state index in [9.17, 15) is 8.78 Å². The minimum atomic E-state index is -2.87. The molecule has 2 aromatic rings. The minimum absolute atomic E-state index is 0. The van der Waals surface area contributed by atoms with Crippen molar-refractivity contribution in [2.75, 3.05) is 7.05 Å². The van der Waals surface area contributed by atoms with Gasteiger partial charge in [-0.2, -0.15) is 8.78 Å². The first kappa shape index (κ1) is 25.1. The Morgan fingerprint density at radius 2 is 1.86 bits per heavy atom. The van der Waals surface area contributed by atoms with Gasteiger partial charge in [-0.05, 0) is 25.8 Å². The van der Waals surface area contributed by atoms with Gasteiger partial charge in [-0.1, -0.05) is 36.7 Å². The Morgan fingerprint density at radius 3 is 2.48 bits per heavy atom. The van der Waals surface area contributed by atoms with Crippen LogP contribution in [0, 0.1) is 6.92 Å². The van der Waals surface area contributed by atoms with Crippen LogP contribution in [-0.4, -0.2) is 24.8 Å². The smallest absolute Gasteiger partial charge is 0.387 e. The summed E-state index contributed by atoms with van der Waals surface area (Å²) in [6.45, 7) is 3.99. The monoisotopic (exact) mass is 522 g/mol. The van der Waals surface area contributed by atoms with Crippen molar-refractivity contribution in [2.45, 2.75) is 59.2 Å². The van der Waals surface area contributed by atoms with Crippen molar-refractivity contribution in [1.29, 1.82) is 0 Å². The van der Waals surface area contributed by atoms with E-state index in [-0.39, 0.29) is 29.7 Å². The molecule has 1 aromatic carbocycles. The van der Waals surface area contributed by atoms with E-state index < -0.39 is 6.61 Å². The lowest BCUT2D eigenvalue weighted by Crippen LogP contribution is -2.36. The van der Waals surface area contributed by atoms with E-state index >= 15 is 0 Å². The van der Waals surface area contributed by atoms with E-state index in [1.807, 2.05) is 13.0 Å². The number of aromatic nitrogens is 1. The zero-order chi connectivity index (χ0) is 20.5. The summed E-state index contributed by atoms with van der Waals surface area (Å²) < 4.78 is 35.2. The highest BCUT2D eigenvalue weighted by Gasteiger charge is 2.14. The minimum Gasteiger partial charge on any atom is -0.434 e. The van der Waals surface area contributed by atoms with Crippen molar-refractivity contribution < 1.29 is 18.0 Å². The first-order valence-corrected chi connectivity index (χ1v) is 9.41. The van der Waals surface area contributed by atoms with E-state index in [0.29, 0.717) is 36.3 Å². The number of rotatable bonds is 9. The topological polar surface area (TPSA) is 71.7 Å². The molecule has 0 fully saturated rings.